The molecular formula is C23H18BrN3O3. The van der Waals surface area contributed by atoms with E-state index in [9.17, 15) is 9.59 Å². The highest BCUT2D eigenvalue weighted by molar-refractivity contribution is 9.10. The molecule has 4 aromatic rings. The number of pyridine rings is 1. The molecule has 0 bridgehead atoms. The van der Waals surface area contributed by atoms with Crippen molar-refractivity contribution in [3.05, 3.63) is 105 Å². The number of amides is 1. The van der Waals surface area contributed by atoms with Crippen molar-refractivity contribution in [2.24, 2.45) is 0 Å². The zero-order valence-electron chi connectivity index (χ0n) is 16.1. The first kappa shape index (κ1) is 19.8. The number of benzene rings is 2. The molecule has 0 radical (unpaired) electrons. The maximum atomic E-state index is 12.6. The lowest BCUT2D eigenvalue weighted by Crippen LogP contribution is -2.17. The zero-order chi connectivity index (χ0) is 21.1. The molecule has 0 fully saturated rings. The molecule has 7 heteroatoms. The molecule has 6 nitrogen and oxygen atoms in total. The highest BCUT2D eigenvalue weighted by Gasteiger charge is 2.13. The molecule has 2 aromatic carbocycles. The van der Waals surface area contributed by atoms with Crippen LogP contribution in [0.25, 0.3) is 5.65 Å². The molecule has 0 saturated heterocycles. The van der Waals surface area contributed by atoms with Crippen molar-refractivity contribution in [1.82, 2.24) is 9.38 Å². The van der Waals surface area contributed by atoms with Gasteiger partial charge in [-0.1, -0.05) is 24.3 Å². The van der Waals surface area contributed by atoms with Crippen LogP contribution in [0.1, 0.15) is 21.6 Å². The van der Waals surface area contributed by atoms with E-state index < -0.39 is 0 Å². The van der Waals surface area contributed by atoms with Crippen molar-refractivity contribution in [2.45, 2.75) is 13.5 Å². The van der Waals surface area contributed by atoms with Gasteiger partial charge in [0.25, 0.3) is 11.5 Å². The van der Waals surface area contributed by atoms with E-state index in [1.807, 2.05) is 43.3 Å². The van der Waals surface area contributed by atoms with Gasteiger partial charge in [-0.2, -0.15) is 0 Å². The molecule has 0 atom stereocenters. The van der Waals surface area contributed by atoms with Crippen LogP contribution in [0.15, 0.2) is 82.2 Å². The van der Waals surface area contributed by atoms with Crippen molar-refractivity contribution in [3.8, 4) is 5.75 Å². The average Bonchev–Trinajstić information content (AvgIpc) is 2.73. The number of aryl methyl sites for hydroxylation is 1. The number of nitrogens with one attached hydrogen (secondary N) is 1. The summed E-state index contributed by atoms with van der Waals surface area (Å²) < 4.78 is 8.08. The number of rotatable bonds is 5. The van der Waals surface area contributed by atoms with Crippen molar-refractivity contribution < 1.29 is 9.53 Å². The van der Waals surface area contributed by atoms with Gasteiger partial charge in [-0.3, -0.25) is 14.0 Å². The Kier molecular flexibility index (Phi) is 5.63. The zero-order valence-corrected chi connectivity index (χ0v) is 17.7. The van der Waals surface area contributed by atoms with Gasteiger partial charge in [-0.05, 0) is 64.8 Å². The summed E-state index contributed by atoms with van der Waals surface area (Å²) in [5.41, 5.74) is 2.97. The number of anilines is 1. The van der Waals surface area contributed by atoms with E-state index in [2.05, 4.69) is 26.2 Å². The van der Waals surface area contributed by atoms with Crippen LogP contribution < -0.4 is 15.6 Å². The second-order valence-corrected chi connectivity index (χ2v) is 7.59. The van der Waals surface area contributed by atoms with E-state index in [0.717, 1.165) is 5.56 Å². The van der Waals surface area contributed by atoms with Gasteiger partial charge in [-0.15, -0.1) is 0 Å². The Morgan fingerprint density at radius 3 is 2.70 bits per heavy atom. The molecule has 2 aromatic heterocycles. The van der Waals surface area contributed by atoms with Crippen LogP contribution in [0.5, 0.6) is 5.75 Å². The van der Waals surface area contributed by atoms with Gasteiger partial charge >= 0.3 is 0 Å². The van der Waals surface area contributed by atoms with Crippen LogP contribution in [0.4, 0.5) is 5.69 Å². The molecule has 30 heavy (non-hydrogen) atoms. The first-order valence-electron chi connectivity index (χ1n) is 9.28. The van der Waals surface area contributed by atoms with Crippen LogP contribution in [-0.4, -0.2) is 15.3 Å². The molecule has 0 saturated carbocycles. The average molecular weight is 464 g/mol. The number of fused-ring (bicyclic) bond motifs is 1. The highest BCUT2D eigenvalue weighted by atomic mass is 79.9. The SMILES string of the molecule is Cc1ccn2c(=O)cc(COc3ccccc3NC(=O)c3ccccc3Br)nc2c1. The lowest BCUT2D eigenvalue weighted by Gasteiger charge is -2.13. The molecule has 1 amide bonds. The first-order valence-corrected chi connectivity index (χ1v) is 10.1. The molecule has 2 heterocycles. The topological polar surface area (TPSA) is 72.7 Å². The van der Waals surface area contributed by atoms with Crippen molar-refractivity contribution in [3.63, 3.8) is 0 Å². The summed E-state index contributed by atoms with van der Waals surface area (Å²) >= 11 is 3.39. The quantitative estimate of drug-likeness (QED) is 0.469. The fraction of sp³-hybridized carbons (Fsp3) is 0.0870. The van der Waals surface area contributed by atoms with Gasteiger partial charge in [0.1, 0.15) is 18.0 Å². The van der Waals surface area contributed by atoms with E-state index >= 15 is 0 Å². The van der Waals surface area contributed by atoms with E-state index in [0.29, 0.717) is 32.8 Å². The standard InChI is InChI=1S/C23H18BrN3O3/c1-15-10-11-27-21(12-15)25-16(13-22(27)28)14-30-20-9-5-4-8-19(20)26-23(29)17-6-2-3-7-18(17)24/h2-13H,14H2,1H3,(H,26,29). The Morgan fingerprint density at radius 2 is 1.87 bits per heavy atom. The molecule has 1 N–H and O–H groups in total. The summed E-state index contributed by atoms with van der Waals surface area (Å²) in [7, 11) is 0. The molecule has 0 aliphatic heterocycles. The van der Waals surface area contributed by atoms with Crippen LogP contribution in [0.3, 0.4) is 0 Å². The Hall–Kier alpha value is -3.45. The van der Waals surface area contributed by atoms with Gasteiger partial charge in [0.15, 0.2) is 0 Å². The normalized spacial score (nSPS) is 10.7. The van der Waals surface area contributed by atoms with Crippen LogP contribution in [0.2, 0.25) is 0 Å². The van der Waals surface area contributed by atoms with Crippen LogP contribution in [-0.2, 0) is 6.61 Å². The van der Waals surface area contributed by atoms with Gasteiger partial charge in [0, 0.05) is 16.7 Å². The van der Waals surface area contributed by atoms with Gasteiger partial charge < -0.3 is 10.1 Å². The number of aromatic nitrogens is 2. The second kappa shape index (κ2) is 8.51. The summed E-state index contributed by atoms with van der Waals surface area (Å²) in [5, 5.41) is 2.87. The summed E-state index contributed by atoms with van der Waals surface area (Å²) in [6, 6.07) is 19.5. The number of ether oxygens (including phenoxy) is 1. The number of hydrogen-bond donors (Lipinski definition) is 1. The van der Waals surface area contributed by atoms with Gasteiger partial charge in [-0.25, -0.2) is 4.98 Å². The molecule has 150 valence electrons. The minimum Gasteiger partial charge on any atom is -0.485 e. The predicted octanol–water partition coefficient (Wildman–Crippen LogP) is 4.60. The predicted molar refractivity (Wildman–Crippen MR) is 119 cm³/mol. The molecule has 4 rings (SSSR count). The molecule has 0 unspecified atom stereocenters. The number of halogens is 1. The molecule has 0 spiro atoms. The number of carbonyl (C=O) groups excluding carboxylic acids is 1. The van der Waals surface area contributed by atoms with Gasteiger partial charge in [0.2, 0.25) is 0 Å². The van der Waals surface area contributed by atoms with E-state index in [1.165, 1.54) is 10.5 Å². The molecule has 0 aliphatic carbocycles. The third-order valence-electron chi connectivity index (χ3n) is 4.51. The smallest absolute Gasteiger partial charge is 0.258 e. The Balaban J connectivity index is 1.55. The van der Waals surface area contributed by atoms with Crippen molar-refractivity contribution in [2.75, 3.05) is 5.32 Å². The number of carbonyl (C=O) groups is 1. The minimum atomic E-state index is -0.254. The third kappa shape index (κ3) is 4.26. The largest absolute Gasteiger partial charge is 0.485 e. The first-order chi connectivity index (χ1) is 14.5. The summed E-state index contributed by atoms with van der Waals surface area (Å²) in [4.78, 5) is 29.5. The van der Waals surface area contributed by atoms with Crippen molar-refractivity contribution in [1.29, 1.82) is 0 Å². The maximum absolute atomic E-state index is 12.6. The number of hydrogen-bond acceptors (Lipinski definition) is 4. The monoisotopic (exact) mass is 463 g/mol. The lowest BCUT2D eigenvalue weighted by molar-refractivity contribution is 0.102. The second-order valence-electron chi connectivity index (χ2n) is 6.74. The lowest BCUT2D eigenvalue weighted by atomic mass is 10.2. The highest BCUT2D eigenvalue weighted by Crippen LogP contribution is 2.26. The van der Waals surface area contributed by atoms with E-state index in [-0.39, 0.29) is 18.1 Å². The molecular weight excluding hydrogens is 446 g/mol. The Bertz CT molecular complexity index is 1300. The number of nitrogens with zero attached hydrogens (tertiary/aromatic N) is 2. The Labute approximate surface area is 181 Å². The van der Waals surface area contributed by atoms with Crippen LogP contribution >= 0.6 is 15.9 Å². The van der Waals surface area contributed by atoms with E-state index in [1.54, 1.807) is 30.5 Å². The maximum Gasteiger partial charge on any atom is 0.258 e. The summed E-state index contributed by atoms with van der Waals surface area (Å²) in [5.74, 6) is 0.236. The summed E-state index contributed by atoms with van der Waals surface area (Å²) in [6.07, 6.45) is 1.71. The Morgan fingerprint density at radius 1 is 1.10 bits per heavy atom. The molecule has 0 aliphatic rings. The summed E-state index contributed by atoms with van der Waals surface area (Å²) in [6.45, 7) is 2.04. The minimum absolute atomic E-state index is 0.0988. The fourth-order valence-electron chi connectivity index (χ4n) is 3.01. The van der Waals surface area contributed by atoms with Crippen molar-refractivity contribution >= 4 is 33.2 Å². The fourth-order valence-corrected chi connectivity index (χ4v) is 3.47. The van der Waals surface area contributed by atoms with E-state index in [4.69, 9.17) is 4.74 Å². The van der Waals surface area contributed by atoms with Gasteiger partial charge in [0.05, 0.1) is 16.9 Å². The third-order valence-corrected chi connectivity index (χ3v) is 5.20. The van der Waals surface area contributed by atoms with Crippen LogP contribution in [0, 0.1) is 6.92 Å². The number of para-hydroxylation sites is 2.